The number of pyridine rings is 1. The van der Waals surface area contributed by atoms with Crippen LogP contribution in [0.25, 0.3) is 16.7 Å². The van der Waals surface area contributed by atoms with Gasteiger partial charge in [0.15, 0.2) is 0 Å². The number of hydrogen-bond acceptors (Lipinski definition) is 5. The summed E-state index contributed by atoms with van der Waals surface area (Å²) in [6, 6.07) is 12.7. The van der Waals surface area contributed by atoms with E-state index < -0.39 is 17.6 Å². The highest BCUT2D eigenvalue weighted by Crippen LogP contribution is 2.29. The number of nitrogens with zero attached hydrogens (tertiary/aromatic N) is 7. The van der Waals surface area contributed by atoms with Crippen molar-refractivity contribution in [2.45, 2.75) is 33.5 Å². The first-order chi connectivity index (χ1) is 21.1. The molecule has 5 rings (SSSR count). The monoisotopic (exact) mass is 599 g/mol. The number of imidazole rings is 1. The minimum atomic E-state index is -4.57. The number of fused-ring (bicyclic) bond motifs is 1. The lowest BCUT2D eigenvalue weighted by molar-refractivity contribution is -0.137. The maximum atomic E-state index is 13.1. The molecule has 0 saturated carbocycles. The lowest BCUT2D eigenvalue weighted by atomic mass is 10.1. The molecular formula is C33H32F3N7O. The van der Waals surface area contributed by atoms with Crippen LogP contribution in [0.1, 0.15) is 46.6 Å². The number of aryl methyl sites for hydroxylation is 1. The summed E-state index contributed by atoms with van der Waals surface area (Å²) in [4.78, 5) is 25.0. The number of halogens is 3. The van der Waals surface area contributed by atoms with Crippen LogP contribution >= 0.6 is 0 Å². The van der Waals surface area contributed by atoms with Gasteiger partial charge >= 0.3 is 6.18 Å². The molecule has 0 radical (unpaired) electrons. The highest BCUT2D eigenvalue weighted by Gasteiger charge is 2.31. The van der Waals surface area contributed by atoms with Gasteiger partial charge in [0.05, 0.1) is 35.0 Å². The first kappa shape index (κ1) is 30.5. The molecular weight excluding hydrogens is 567 g/mol. The second-order valence-electron chi connectivity index (χ2n) is 10.3. The van der Waals surface area contributed by atoms with Gasteiger partial charge < -0.3 is 9.80 Å². The first-order valence-corrected chi connectivity index (χ1v) is 14.2. The fourth-order valence-electron chi connectivity index (χ4n) is 4.78. The number of anilines is 1. The summed E-state index contributed by atoms with van der Waals surface area (Å²) >= 11 is 0. The van der Waals surface area contributed by atoms with E-state index in [4.69, 9.17) is 0 Å². The van der Waals surface area contributed by atoms with Crippen LogP contribution in [0, 0.1) is 18.8 Å². The van der Waals surface area contributed by atoms with Crippen molar-refractivity contribution in [3.05, 3.63) is 101 Å². The molecule has 0 aliphatic rings. The van der Waals surface area contributed by atoms with Crippen LogP contribution in [0.4, 0.5) is 18.9 Å². The van der Waals surface area contributed by atoms with Crippen molar-refractivity contribution in [1.29, 1.82) is 0 Å². The van der Waals surface area contributed by atoms with E-state index in [1.54, 1.807) is 18.5 Å². The smallest absolute Gasteiger partial charge is 0.310 e. The van der Waals surface area contributed by atoms with Crippen molar-refractivity contribution in [3.63, 3.8) is 0 Å². The van der Waals surface area contributed by atoms with Gasteiger partial charge in [-0.1, -0.05) is 31.8 Å². The van der Waals surface area contributed by atoms with E-state index in [9.17, 15) is 18.0 Å². The number of hydrogen-bond donors (Lipinski definition) is 0. The van der Waals surface area contributed by atoms with Crippen LogP contribution in [-0.4, -0.2) is 61.8 Å². The Morgan fingerprint density at radius 3 is 2.55 bits per heavy atom. The molecule has 0 atom stereocenters. The molecule has 0 spiro atoms. The Kier molecular flexibility index (Phi) is 8.83. The number of rotatable bonds is 8. The maximum Gasteiger partial charge on any atom is 0.416 e. The Hall–Kier alpha value is -4.95. The number of benzene rings is 2. The van der Waals surface area contributed by atoms with Crippen molar-refractivity contribution in [1.82, 2.24) is 29.2 Å². The minimum Gasteiger partial charge on any atom is -0.310 e. The average Bonchev–Trinajstić information content (AvgIpc) is 3.67. The summed E-state index contributed by atoms with van der Waals surface area (Å²) < 4.78 is 43.3. The summed E-state index contributed by atoms with van der Waals surface area (Å²) in [5.41, 5.74) is 4.24. The molecule has 2 aromatic carbocycles. The van der Waals surface area contributed by atoms with Crippen molar-refractivity contribution >= 4 is 22.6 Å². The number of alkyl halides is 3. The second kappa shape index (κ2) is 12.7. The number of likely N-dealkylation sites (N-methyl/N-ethyl adjacent to an activating group) is 1. The molecule has 0 saturated heterocycles. The van der Waals surface area contributed by atoms with E-state index in [2.05, 4.69) is 45.7 Å². The van der Waals surface area contributed by atoms with Crippen LogP contribution in [0.15, 0.2) is 73.4 Å². The van der Waals surface area contributed by atoms with E-state index in [1.807, 2.05) is 52.8 Å². The van der Waals surface area contributed by atoms with Gasteiger partial charge in [0.25, 0.3) is 5.91 Å². The summed E-state index contributed by atoms with van der Waals surface area (Å²) in [5.74, 6) is 5.68. The third-order valence-corrected chi connectivity index (χ3v) is 7.55. The molecule has 3 heterocycles. The van der Waals surface area contributed by atoms with Gasteiger partial charge in [-0.3, -0.25) is 19.0 Å². The molecule has 0 aliphatic carbocycles. The zero-order chi connectivity index (χ0) is 31.4. The molecule has 8 nitrogen and oxygen atoms in total. The van der Waals surface area contributed by atoms with E-state index in [1.165, 1.54) is 11.9 Å². The van der Waals surface area contributed by atoms with Crippen LogP contribution in [0.5, 0.6) is 0 Å². The van der Waals surface area contributed by atoms with Crippen LogP contribution in [0.2, 0.25) is 0 Å². The van der Waals surface area contributed by atoms with Crippen LogP contribution in [-0.2, 0) is 12.7 Å². The van der Waals surface area contributed by atoms with Crippen molar-refractivity contribution in [3.8, 4) is 17.5 Å². The van der Waals surface area contributed by atoms with Gasteiger partial charge in [-0.2, -0.15) is 18.3 Å². The van der Waals surface area contributed by atoms with Crippen molar-refractivity contribution in [2.24, 2.45) is 0 Å². The molecule has 0 fully saturated rings. The van der Waals surface area contributed by atoms with Gasteiger partial charge in [-0.05, 0) is 68.0 Å². The number of amides is 1. The van der Waals surface area contributed by atoms with Crippen LogP contribution in [0.3, 0.4) is 0 Å². The van der Waals surface area contributed by atoms with Crippen molar-refractivity contribution < 1.29 is 18.0 Å². The molecule has 0 unspecified atom stereocenters. The molecule has 0 bridgehead atoms. The first-order valence-electron chi connectivity index (χ1n) is 14.2. The van der Waals surface area contributed by atoms with Gasteiger partial charge in [-0.15, -0.1) is 0 Å². The average molecular weight is 600 g/mol. The minimum absolute atomic E-state index is 0.296. The van der Waals surface area contributed by atoms with Crippen LogP contribution < -0.4 is 4.90 Å². The van der Waals surface area contributed by atoms with E-state index >= 15 is 0 Å². The zero-order valence-electron chi connectivity index (χ0n) is 24.9. The molecule has 44 heavy (non-hydrogen) atoms. The predicted octanol–water partition coefficient (Wildman–Crippen LogP) is 5.96. The Balaban J connectivity index is 1.34. The summed E-state index contributed by atoms with van der Waals surface area (Å²) in [5, 5.41) is 4.52. The molecule has 1 amide bonds. The second-order valence-corrected chi connectivity index (χ2v) is 10.3. The fourth-order valence-corrected chi connectivity index (χ4v) is 4.78. The summed E-state index contributed by atoms with van der Waals surface area (Å²) in [6.45, 7) is 9.95. The lowest BCUT2D eigenvalue weighted by Gasteiger charge is -2.18. The largest absolute Gasteiger partial charge is 0.416 e. The number of carbonyl (C=O) groups excluding carboxylic acids is 1. The summed E-state index contributed by atoms with van der Waals surface area (Å²) in [7, 11) is 1.49. The van der Waals surface area contributed by atoms with E-state index in [0.717, 1.165) is 72.4 Å². The van der Waals surface area contributed by atoms with E-state index in [-0.39, 0.29) is 5.69 Å². The molecule has 0 N–H and O–H groups in total. The fraction of sp³-hybridized carbons (Fsp3) is 0.273. The van der Waals surface area contributed by atoms with Gasteiger partial charge in [-0.25, -0.2) is 4.98 Å². The summed E-state index contributed by atoms with van der Waals surface area (Å²) in [6.07, 6.45) is 2.03. The van der Waals surface area contributed by atoms with Crippen molar-refractivity contribution in [2.75, 3.05) is 31.6 Å². The predicted molar refractivity (Wildman–Crippen MR) is 164 cm³/mol. The van der Waals surface area contributed by atoms with Gasteiger partial charge in [0.1, 0.15) is 12.0 Å². The van der Waals surface area contributed by atoms with Gasteiger partial charge in [0.2, 0.25) is 0 Å². The normalized spacial score (nSPS) is 11.5. The Labute approximate surface area is 253 Å². The number of aromatic nitrogens is 5. The molecule has 3 aromatic heterocycles. The quantitative estimate of drug-likeness (QED) is 0.206. The topological polar surface area (TPSA) is 72.1 Å². The SMILES string of the molecule is CCN(CC)CCn1cc(-n2cnc3cc(C#Cc4cc(N(C)C(=O)c5cc(C(F)(F)F)ccn5)ccc4C)ccc32)cn1. The highest BCUT2D eigenvalue weighted by molar-refractivity contribution is 6.04. The van der Waals surface area contributed by atoms with Gasteiger partial charge in [0, 0.05) is 42.8 Å². The third-order valence-electron chi connectivity index (χ3n) is 7.55. The Morgan fingerprint density at radius 2 is 1.80 bits per heavy atom. The molecule has 0 aliphatic heterocycles. The standard InChI is InChI=1S/C33H32F3N7O/c1-5-41(6-2)15-16-42-21-28(20-39-42)43-22-38-29-17-24(9-12-31(29)43)8-10-25-18-27(11-7-23(25)3)40(4)32(44)30-19-26(13-14-37-30)33(34,35)36/h7,9,11-14,17-22H,5-6,15-16H2,1-4H3. The molecule has 226 valence electrons. The highest BCUT2D eigenvalue weighted by atomic mass is 19.4. The molecule has 11 heteroatoms. The third kappa shape index (κ3) is 6.66. The Morgan fingerprint density at radius 1 is 1.00 bits per heavy atom. The lowest BCUT2D eigenvalue weighted by Crippen LogP contribution is -2.27. The zero-order valence-corrected chi connectivity index (χ0v) is 24.9. The maximum absolute atomic E-state index is 13.1. The molecule has 5 aromatic rings. The Bertz CT molecular complexity index is 1860. The van der Waals surface area contributed by atoms with E-state index in [0.29, 0.717) is 11.3 Å². The number of carbonyl (C=O) groups is 1.